The number of amidine groups is 1. The lowest BCUT2D eigenvalue weighted by Gasteiger charge is -2.32. The van der Waals surface area contributed by atoms with Gasteiger partial charge in [-0.2, -0.15) is 0 Å². The van der Waals surface area contributed by atoms with Gasteiger partial charge in [-0.05, 0) is 25.0 Å². The quantitative estimate of drug-likeness (QED) is 0.711. The van der Waals surface area contributed by atoms with E-state index in [9.17, 15) is 15.0 Å². The molecule has 2 aliphatic rings. The van der Waals surface area contributed by atoms with E-state index in [0.717, 1.165) is 18.9 Å². The molecule has 0 spiro atoms. The zero-order valence-corrected chi connectivity index (χ0v) is 10.7. The van der Waals surface area contributed by atoms with Crippen LogP contribution in [-0.2, 0) is 4.79 Å². The molecule has 1 aromatic rings. The van der Waals surface area contributed by atoms with Gasteiger partial charge < -0.3 is 10.2 Å². The minimum absolute atomic E-state index is 0.0212. The zero-order chi connectivity index (χ0) is 14.3. The van der Waals surface area contributed by atoms with E-state index in [1.165, 1.54) is 17.1 Å². The number of carbonyl (C=O) groups excluding carboxylic acids is 1. The number of fused-ring (bicyclic) bond motifs is 1. The molecule has 3 N–H and O–H groups in total. The lowest BCUT2D eigenvalue weighted by Crippen LogP contribution is -2.45. The van der Waals surface area contributed by atoms with E-state index in [1.807, 2.05) is 0 Å². The van der Waals surface area contributed by atoms with Crippen LogP contribution in [0.25, 0.3) is 0 Å². The van der Waals surface area contributed by atoms with Gasteiger partial charge in [0.15, 0.2) is 11.5 Å². The second kappa shape index (κ2) is 4.52. The van der Waals surface area contributed by atoms with Gasteiger partial charge in [0, 0.05) is 19.2 Å². The highest BCUT2D eigenvalue weighted by molar-refractivity contribution is 6.68. The summed E-state index contributed by atoms with van der Waals surface area (Å²) in [4.78, 5) is 16.3. The Morgan fingerprint density at radius 3 is 2.50 bits per heavy atom. The van der Waals surface area contributed by atoms with Crippen molar-refractivity contribution in [2.24, 2.45) is 4.99 Å². The normalized spacial score (nSPS) is 20.7. The Hall–Kier alpha value is -2.57. The number of rotatable bonds is 1. The van der Waals surface area contributed by atoms with Crippen molar-refractivity contribution in [1.29, 1.82) is 5.41 Å². The fourth-order valence-corrected chi connectivity index (χ4v) is 2.38. The highest BCUT2D eigenvalue weighted by atomic mass is 16.3. The predicted molar refractivity (Wildman–Crippen MR) is 72.2 cm³/mol. The van der Waals surface area contributed by atoms with Gasteiger partial charge in [0.2, 0.25) is 0 Å². The first kappa shape index (κ1) is 12.5. The van der Waals surface area contributed by atoms with E-state index in [0.29, 0.717) is 13.1 Å². The highest BCUT2D eigenvalue weighted by Crippen LogP contribution is 2.31. The van der Waals surface area contributed by atoms with Crippen molar-refractivity contribution in [1.82, 2.24) is 10.0 Å². The number of phenolic OH excluding ortho intramolecular Hbond substituents is 2. The Bertz CT molecular complexity index is 600. The van der Waals surface area contributed by atoms with Crippen LogP contribution in [0.15, 0.2) is 23.2 Å². The first-order chi connectivity index (χ1) is 9.58. The molecule has 2 heterocycles. The highest BCUT2D eigenvalue weighted by Gasteiger charge is 2.40. The summed E-state index contributed by atoms with van der Waals surface area (Å²) in [7, 11) is 0. The van der Waals surface area contributed by atoms with Gasteiger partial charge in [-0.3, -0.25) is 15.2 Å². The SMILES string of the molecule is N=C1C(=Nc2ccc(O)cc2O)C(=O)N2CCCCN12. The van der Waals surface area contributed by atoms with Crippen LogP contribution < -0.4 is 0 Å². The Balaban J connectivity index is 1.98. The molecular weight excluding hydrogens is 260 g/mol. The summed E-state index contributed by atoms with van der Waals surface area (Å²) < 4.78 is 0. The zero-order valence-electron chi connectivity index (χ0n) is 10.7. The lowest BCUT2D eigenvalue weighted by atomic mass is 10.2. The molecule has 7 heteroatoms. The molecule has 2 aliphatic heterocycles. The molecule has 0 atom stereocenters. The Labute approximate surface area is 115 Å². The van der Waals surface area contributed by atoms with Crippen molar-refractivity contribution in [3.05, 3.63) is 18.2 Å². The van der Waals surface area contributed by atoms with Crippen molar-refractivity contribution < 1.29 is 15.0 Å². The number of aliphatic imine (C=N–C) groups is 1. The summed E-state index contributed by atoms with van der Waals surface area (Å²) in [6.07, 6.45) is 1.84. The third-order valence-corrected chi connectivity index (χ3v) is 3.39. The monoisotopic (exact) mass is 274 g/mol. The number of hydrogen-bond acceptors (Lipinski definition) is 5. The van der Waals surface area contributed by atoms with E-state index in [1.54, 1.807) is 5.01 Å². The Morgan fingerprint density at radius 2 is 1.85 bits per heavy atom. The minimum atomic E-state index is -0.317. The second-order valence-electron chi connectivity index (χ2n) is 4.74. The van der Waals surface area contributed by atoms with Crippen molar-refractivity contribution in [2.45, 2.75) is 12.8 Å². The molecule has 2 saturated heterocycles. The fraction of sp³-hybridized carbons (Fsp3) is 0.308. The van der Waals surface area contributed by atoms with Gasteiger partial charge in [0.1, 0.15) is 17.2 Å². The maximum Gasteiger partial charge on any atom is 0.294 e. The van der Waals surface area contributed by atoms with Crippen molar-refractivity contribution in [3.63, 3.8) is 0 Å². The molecular formula is C13H14N4O3. The summed E-state index contributed by atoms with van der Waals surface area (Å²) in [6.45, 7) is 1.22. The van der Waals surface area contributed by atoms with Gasteiger partial charge in [-0.25, -0.2) is 10.0 Å². The second-order valence-corrected chi connectivity index (χ2v) is 4.74. The third-order valence-electron chi connectivity index (χ3n) is 3.39. The Kier molecular flexibility index (Phi) is 2.81. The van der Waals surface area contributed by atoms with E-state index in [4.69, 9.17) is 5.41 Å². The molecule has 7 nitrogen and oxygen atoms in total. The summed E-state index contributed by atoms with van der Waals surface area (Å²) in [5.74, 6) is -0.567. The molecule has 3 rings (SSSR count). The molecule has 20 heavy (non-hydrogen) atoms. The first-order valence-corrected chi connectivity index (χ1v) is 6.37. The smallest absolute Gasteiger partial charge is 0.294 e. The predicted octanol–water partition coefficient (Wildman–Crippen LogP) is 1.00. The van der Waals surface area contributed by atoms with E-state index < -0.39 is 0 Å². The van der Waals surface area contributed by atoms with Crippen LogP contribution in [0.2, 0.25) is 0 Å². The number of amides is 1. The molecule has 0 unspecified atom stereocenters. The molecule has 2 fully saturated rings. The summed E-state index contributed by atoms with van der Waals surface area (Å²) >= 11 is 0. The number of benzene rings is 1. The van der Waals surface area contributed by atoms with Crippen molar-refractivity contribution in [2.75, 3.05) is 13.1 Å². The molecule has 1 amide bonds. The number of hydrazine groups is 1. The van der Waals surface area contributed by atoms with Crippen LogP contribution in [-0.4, -0.2) is 50.8 Å². The molecule has 0 aromatic heterocycles. The van der Waals surface area contributed by atoms with Gasteiger partial charge in [0.05, 0.1) is 0 Å². The molecule has 1 aromatic carbocycles. The summed E-state index contributed by atoms with van der Waals surface area (Å²) in [6, 6.07) is 3.93. The van der Waals surface area contributed by atoms with E-state index in [-0.39, 0.29) is 34.6 Å². The molecule has 104 valence electrons. The summed E-state index contributed by atoms with van der Waals surface area (Å²) in [5, 5.41) is 30.1. The van der Waals surface area contributed by atoms with Crippen molar-refractivity contribution in [3.8, 4) is 11.5 Å². The number of hydrogen-bond donors (Lipinski definition) is 3. The number of phenols is 2. The standard InChI is InChI=1S/C13H14N4O3/c14-12-11(13(20)17-6-2-1-5-16(12)17)15-9-4-3-8(18)7-10(9)19/h3-4,7,14,18-19H,1-2,5-6H2. The average molecular weight is 274 g/mol. The van der Waals surface area contributed by atoms with E-state index in [2.05, 4.69) is 4.99 Å². The number of carbonyl (C=O) groups is 1. The minimum Gasteiger partial charge on any atom is -0.508 e. The third kappa shape index (κ3) is 1.87. The number of nitrogens with zero attached hydrogens (tertiary/aromatic N) is 3. The topological polar surface area (TPSA) is 100 Å². The maximum absolute atomic E-state index is 12.2. The molecule has 0 bridgehead atoms. The van der Waals surface area contributed by atoms with Gasteiger partial charge in [-0.1, -0.05) is 0 Å². The maximum atomic E-state index is 12.2. The molecule has 0 saturated carbocycles. The fourth-order valence-electron chi connectivity index (χ4n) is 2.38. The van der Waals surface area contributed by atoms with Gasteiger partial charge in [0.25, 0.3) is 5.91 Å². The van der Waals surface area contributed by atoms with E-state index >= 15 is 0 Å². The van der Waals surface area contributed by atoms with Crippen LogP contribution in [0.5, 0.6) is 11.5 Å². The van der Waals surface area contributed by atoms with Crippen molar-refractivity contribution >= 4 is 23.1 Å². The first-order valence-electron chi connectivity index (χ1n) is 6.37. The van der Waals surface area contributed by atoms with Crippen LogP contribution in [0.3, 0.4) is 0 Å². The molecule has 0 radical (unpaired) electrons. The van der Waals surface area contributed by atoms with Crippen LogP contribution in [0.4, 0.5) is 5.69 Å². The average Bonchev–Trinajstić information content (AvgIpc) is 2.67. The van der Waals surface area contributed by atoms with Crippen LogP contribution >= 0.6 is 0 Å². The summed E-state index contributed by atoms with van der Waals surface area (Å²) in [5.41, 5.74) is 0.185. The molecule has 0 aliphatic carbocycles. The van der Waals surface area contributed by atoms with Gasteiger partial charge >= 0.3 is 0 Å². The lowest BCUT2D eigenvalue weighted by molar-refractivity contribution is -0.134. The number of nitrogens with one attached hydrogen (secondary N) is 1. The van der Waals surface area contributed by atoms with Crippen LogP contribution in [0, 0.1) is 5.41 Å². The van der Waals surface area contributed by atoms with Gasteiger partial charge in [-0.15, -0.1) is 0 Å². The number of aromatic hydroxyl groups is 2. The van der Waals surface area contributed by atoms with Crippen LogP contribution in [0.1, 0.15) is 12.8 Å². The Morgan fingerprint density at radius 1 is 1.15 bits per heavy atom. The largest absolute Gasteiger partial charge is 0.508 e.